The lowest BCUT2D eigenvalue weighted by molar-refractivity contribution is 0.0940. The predicted octanol–water partition coefficient (Wildman–Crippen LogP) is 2.32. The number of carbonyl (C=O) groups is 1. The first-order chi connectivity index (χ1) is 8.56. The van der Waals surface area contributed by atoms with Crippen molar-refractivity contribution >= 4 is 28.5 Å². The maximum absolute atomic E-state index is 12.9. The second kappa shape index (κ2) is 5.52. The molecule has 0 bridgehead atoms. The lowest BCUT2D eigenvalue weighted by atomic mass is 10.0. The minimum atomic E-state index is -0.338. The molecule has 1 amide bonds. The van der Waals surface area contributed by atoms with Crippen LogP contribution in [-0.2, 0) is 0 Å². The molecule has 2 rings (SSSR count). The second-order valence-electron chi connectivity index (χ2n) is 4.78. The van der Waals surface area contributed by atoms with Crippen molar-refractivity contribution in [2.75, 3.05) is 13.2 Å². The van der Waals surface area contributed by atoms with Crippen LogP contribution < -0.4 is 5.32 Å². The van der Waals surface area contributed by atoms with Crippen molar-refractivity contribution < 1.29 is 14.3 Å². The summed E-state index contributed by atoms with van der Waals surface area (Å²) in [7, 11) is 0. The van der Waals surface area contributed by atoms with E-state index in [4.69, 9.17) is 5.11 Å². The smallest absolute Gasteiger partial charge is 0.252 e. The van der Waals surface area contributed by atoms with Crippen molar-refractivity contribution in [3.05, 3.63) is 33.1 Å². The number of aliphatic hydroxyl groups excluding tert-OH is 1. The van der Waals surface area contributed by atoms with E-state index in [1.54, 1.807) is 0 Å². The van der Waals surface area contributed by atoms with Crippen LogP contribution in [0.4, 0.5) is 4.39 Å². The highest BCUT2D eigenvalue weighted by molar-refractivity contribution is 14.1. The molecule has 0 radical (unpaired) electrons. The Kier molecular flexibility index (Phi) is 4.21. The number of halogens is 2. The summed E-state index contributed by atoms with van der Waals surface area (Å²) >= 11 is 1.95. The van der Waals surface area contributed by atoms with E-state index in [-0.39, 0.29) is 23.7 Å². The van der Waals surface area contributed by atoms with Crippen molar-refractivity contribution in [2.24, 2.45) is 5.41 Å². The Morgan fingerprint density at radius 3 is 2.78 bits per heavy atom. The number of hydrogen-bond acceptors (Lipinski definition) is 2. The fourth-order valence-corrected chi connectivity index (χ4v) is 2.69. The molecule has 98 valence electrons. The van der Waals surface area contributed by atoms with Crippen molar-refractivity contribution in [3.63, 3.8) is 0 Å². The van der Waals surface area contributed by atoms with Gasteiger partial charge in [0.2, 0.25) is 0 Å². The van der Waals surface area contributed by atoms with E-state index in [1.165, 1.54) is 18.2 Å². The summed E-state index contributed by atoms with van der Waals surface area (Å²) in [6.07, 6.45) is 2.83. The monoisotopic (exact) mass is 363 g/mol. The number of amides is 1. The molecule has 1 aromatic rings. The zero-order valence-electron chi connectivity index (χ0n) is 9.88. The molecule has 0 aliphatic heterocycles. The molecule has 1 aliphatic rings. The lowest BCUT2D eigenvalue weighted by Gasteiger charge is -2.15. The summed E-state index contributed by atoms with van der Waals surface area (Å²) in [5, 5.41) is 11.8. The van der Waals surface area contributed by atoms with Gasteiger partial charge in [0, 0.05) is 16.7 Å². The highest BCUT2D eigenvalue weighted by atomic mass is 127. The van der Waals surface area contributed by atoms with E-state index in [1.807, 2.05) is 22.6 Å². The molecule has 0 unspecified atom stereocenters. The van der Waals surface area contributed by atoms with Crippen molar-refractivity contribution in [2.45, 2.75) is 19.3 Å². The fraction of sp³-hybridized carbons (Fsp3) is 0.462. The van der Waals surface area contributed by atoms with Crippen LogP contribution in [-0.4, -0.2) is 24.2 Å². The Morgan fingerprint density at radius 2 is 2.22 bits per heavy atom. The predicted molar refractivity (Wildman–Crippen MR) is 74.8 cm³/mol. The van der Waals surface area contributed by atoms with E-state index < -0.39 is 0 Å². The van der Waals surface area contributed by atoms with Crippen LogP contribution in [0.25, 0.3) is 0 Å². The maximum atomic E-state index is 12.9. The maximum Gasteiger partial charge on any atom is 0.252 e. The SMILES string of the molecule is O=C(NCC1(CCO)CC1)c1ccc(F)cc1I. The van der Waals surface area contributed by atoms with E-state index in [0.29, 0.717) is 15.7 Å². The number of hydrogen-bond donors (Lipinski definition) is 2. The summed E-state index contributed by atoms with van der Waals surface area (Å²) in [5.41, 5.74) is 0.590. The summed E-state index contributed by atoms with van der Waals surface area (Å²) in [6.45, 7) is 0.740. The normalized spacial score (nSPS) is 16.4. The molecule has 18 heavy (non-hydrogen) atoms. The van der Waals surface area contributed by atoms with Crippen LogP contribution in [0.1, 0.15) is 29.6 Å². The number of carbonyl (C=O) groups excluding carboxylic acids is 1. The molecule has 0 atom stereocenters. The largest absolute Gasteiger partial charge is 0.396 e. The number of aliphatic hydroxyl groups is 1. The number of rotatable bonds is 5. The molecular formula is C13H15FINO2. The first-order valence-corrected chi connectivity index (χ1v) is 6.98. The van der Waals surface area contributed by atoms with Crippen molar-refractivity contribution in [1.82, 2.24) is 5.32 Å². The van der Waals surface area contributed by atoms with E-state index in [9.17, 15) is 9.18 Å². The molecule has 1 fully saturated rings. The highest BCUT2D eigenvalue weighted by Gasteiger charge is 2.41. The Bertz CT molecular complexity index is 460. The van der Waals surface area contributed by atoms with Gasteiger partial charge in [-0.2, -0.15) is 0 Å². The Morgan fingerprint density at radius 1 is 1.50 bits per heavy atom. The molecule has 0 aromatic heterocycles. The molecule has 1 aromatic carbocycles. The van der Waals surface area contributed by atoms with Crippen LogP contribution in [0.15, 0.2) is 18.2 Å². The van der Waals surface area contributed by atoms with Gasteiger partial charge in [0.05, 0.1) is 5.56 Å². The summed E-state index contributed by atoms with van der Waals surface area (Å²) in [6, 6.07) is 4.13. The molecule has 0 saturated heterocycles. The third-order valence-corrected chi connectivity index (χ3v) is 4.29. The van der Waals surface area contributed by atoms with Crippen LogP contribution in [0.2, 0.25) is 0 Å². The van der Waals surface area contributed by atoms with Gasteiger partial charge in [-0.15, -0.1) is 0 Å². The third kappa shape index (κ3) is 3.20. The lowest BCUT2D eigenvalue weighted by Crippen LogP contribution is -2.31. The molecule has 3 nitrogen and oxygen atoms in total. The number of benzene rings is 1. The average molecular weight is 363 g/mol. The van der Waals surface area contributed by atoms with E-state index >= 15 is 0 Å². The molecule has 2 N–H and O–H groups in total. The van der Waals surface area contributed by atoms with Gasteiger partial charge in [-0.25, -0.2) is 4.39 Å². The zero-order chi connectivity index (χ0) is 13.2. The van der Waals surface area contributed by atoms with Crippen LogP contribution in [0.5, 0.6) is 0 Å². The van der Waals surface area contributed by atoms with Gasteiger partial charge < -0.3 is 10.4 Å². The Hall–Kier alpha value is -0.690. The molecule has 1 aliphatic carbocycles. The van der Waals surface area contributed by atoms with Gasteiger partial charge in [0.25, 0.3) is 5.91 Å². The topological polar surface area (TPSA) is 49.3 Å². The summed E-state index contributed by atoms with van der Waals surface area (Å²) in [4.78, 5) is 12.0. The Balaban J connectivity index is 1.96. The zero-order valence-corrected chi connectivity index (χ0v) is 12.0. The second-order valence-corrected chi connectivity index (χ2v) is 5.94. The van der Waals surface area contributed by atoms with Gasteiger partial charge in [-0.1, -0.05) is 0 Å². The standard InChI is InChI=1S/C13H15FINO2/c14-9-1-2-10(11(15)7-9)12(18)16-8-13(3-4-13)5-6-17/h1-2,7,17H,3-6,8H2,(H,16,18). The quantitative estimate of drug-likeness (QED) is 0.789. The van der Waals surface area contributed by atoms with Crippen LogP contribution >= 0.6 is 22.6 Å². The minimum Gasteiger partial charge on any atom is -0.396 e. The van der Waals surface area contributed by atoms with Gasteiger partial charge >= 0.3 is 0 Å². The first kappa shape index (κ1) is 13.7. The molecule has 0 spiro atoms. The highest BCUT2D eigenvalue weighted by Crippen LogP contribution is 2.47. The fourth-order valence-electron chi connectivity index (χ4n) is 1.97. The molecular weight excluding hydrogens is 348 g/mol. The number of nitrogens with one attached hydrogen (secondary N) is 1. The van der Waals surface area contributed by atoms with Gasteiger partial charge in [0.1, 0.15) is 5.82 Å². The van der Waals surface area contributed by atoms with Gasteiger partial charge in [-0.05, 0) is 65.5 Å². The van der Waals surface area contributed by atoms with Crippen molar-refractivity contribution in [1.29, 1.82) is 0 Å². The molecule has 5 heteroatoms. The molecule has 0 heterocycles. The third-order valence-electron chi connectivity index (χ3n) is 3.40. The van der Waals surface area contributed by atoms with E-state index in [2.05, 4.69) is 5.32 Å². The summed E-state index contributed by atoms with van der Waals surface area (Å²) in [5.74, 6) is -0.515. The van der Waals surface area contributed by atoms with Crippen LogP contribution in [0, 0.1) is 14.8 Å². The van der Waals surface area contributed by atoms with Gasteiger partial charge in [0.15, 0.2) is 0 Å². The van der Waals surface area contributed by atoms with Gasteiger partial charge in [-0.3, -0.25) is 4.79 Å². The minimum absolute atomic E-state index is 0.0931. The van der Waals surface area contributed by atoms with E-state index in [0.717, 1.165) is 19.3 Å². The van der Waals surface area contributed by atoms with Crippen molar-refractivity contribution in [3.8, 4) is 0 Å². The Labute approximate surface area is 119 Å². The average Bonchev–Trinajstić information content (AvgIpc) is 3.07. The first-order valence-electron chi connectivity index (χ1n) is 5.90. The van der Waals surface area contributed by atoms with Crippen LogP contribution in [0.3, 0.4) is 0 Å². The summed E-state index contributed by atoms with van der Waals surface area (Å²) < 4.78 is 13.5. The molecule has 1 saturated carbocycles.